The minimum absolute atomic E-state index is 0.645. The molecule has 1 aromatic carbocycles. The minimum atomic E-state index is 0.645. The molecule has 2 nitrogen and oxygen atoms in total. The van der Waals surface area contributed by atoms with Gasteiger partial charge in [0.1, 0.15) is 0 Å². The molecule has 0 saturated carbocycles. The van der Waals surface area contributed by atoms with E-state index in [4.69, 9.17) is 0 Å². The molecule has 2 rings (SSSR count). The van der Waals surface area contributed by atoms with Crippen molar-refractivity contribution in [1.82, 2.24) is 10.2 Å². The molecule has 2 unspecified atom stereocenters. The fourth-order valence-corrected chi connectivity index (χ4v) is 2.65. The summed E-state index contributed by atoms with van der Waals surface area (Å²) in [6.45, 7) is 11.5. The Labute approximate surface area is 111 Å². The molecule has 0 aliphatic carbocycles. The van der Waals surface area contributed by atoms with Crippen LogP contribution in [0.4, 0.5) is 0 Å². The van der Waals surface area contributed by atoms with Crippen LogP contribution in [0.3, 0.4) is 0 Å². The molecule has 1 fully saturated rings. The standard InChI is InChI=1S/C16H26N2/c1-13-10-17-15(3)8-9-18(11-13)12-16-7-5-4-6-14(16)2/h4-7,13,15,17H,8-12H2,1-3H3. The van der Waals surface area contributed by atoms with Gasteiger partial charge >= 0.3 is 0 Å². The van der Waals surface area contributed by atoms with Gasteiger partial charge in [0.05, 0.1) is 0 Å². The van der Waals surface area contributed by atoms with E-state index in [-0.39, 0.29) is 0 Å². The van der Waals surface area contributed by atoms with Gasteiger partial charge in [0.25, 0.3) is 0 Å². The quantitative estimate of drug-likeness (QED) is 0.863. The van der Waals surface area contributed by atoms with E-state index in [9.17, 15) is 0 Å². The summed E-state index contributed by atoms with van der Waals surface area (Å²) in [4.78, 5) is 2.62. The Morgan fingerprint density at radius 1 is 1.28 bits per heavy atom. The van der Waals surface area contributed by atoms with E-state index in [2.05, 4.69) is 55.3 Å². The fourth-order valence-electron chi connectivity index (χ4n) is 2.65. The van der Waals surface area contributed by atoms with E-state index >= 15 is 0 Å². The van der Waals surface area contributed by atoms with Crippen LogP contribution >= 0.6 is 0 Å². The maximum absolute atomic E-state index is 3.60. The molecular weight excluding hydrogens is 220 g/mol. The molecule has 2 heteroatoms. The Morgan fingerprint density at radius 2 is 2.06 bits per heavy atom. The van der Waals surface area contributed by atoms with Gasteiger partial charge in [-0.2, -0.15) is 0 Å². The minimum Gasteiger partial charge on any atom is -0.314 e. The molecule has 0 radical (unpaired) electrons. The first kappa shape index (κ1) is 13.6. The average Bonchev–Trinajstić information content (AvgIpc) is 2.34. The van der Waals surface area contributed by atoms with E-state index < -0.39 is 0 Å². The maximum Gasteiger partial charge on any atom is 0.0236 e. The first-order valence-corrected chi connectivity index (χ1v) is 7.15. The number of hydrogen-bond acceptors (Lipinski definition) is 2. The van der Waals surface area contributed by atoms with E-state index in [1.165, 1.54) is 30.6 Å². The predicted octanol–water partition coefficient (Wildman–Crippen LogP) is 2.81. The zero-order valence-electron chi connectivity index (χ0n) is 11.9. The van der Waals surface area contributed by atoms with Crippen LogP contribution in [0.1, 0.15) is 31.4 Å². The van der Waals surface area contributed by atoms with Crippen molar-refractivity contribution in [2.75, 3.05) is 19.6 Å². The van der Waals surface area contributed by atoms with E-state index in [0.29, 0.717) is 6.04 Å². The molecule has 1 aromatic rings. The Morgan fingerprint density at radius 3 is 2.83 bits per heavy atom. The van der Waals surface area contributed by atoms with Crippen molar-refractivity contribution >= 4 is 0 Å². The van der Waals surface area contributed by atoms with Crippen molar-refractivity contribution in [2.45, 2.75) is 39.8 Å². The number of aryl methyl sites for hydroxylation is 1. The topological polar surface area (TPSA) is 15.3 Å². The third-order valence-corrected chi connectivity index (χ3v) is 3.92. The van der Waals surface area contributed by atoms with Gasteiger partial charge in [-0.1, -0.05) is 31.2 Å². The largest absolute Gasteiger partial charge is 0.314 e. The molecule has 1 heterocycles. The molecule has 0 bridgehead atoms. The van der Waals surface area contributed by atoms with Crippen LogP contribution < -0.4 is 5.32 Å². The van der Waals surface area contributed by atoms with Gasteiger partial charge in [-0.3, -0.25) is 4.90 Å². The van der Waals surface area contributed by atoms with Crippen LogP contribution in [0.15, 0.2) is 24.3 Å². The second-order valence-electron chi connectivity index (χ2n) is 5.86. The van der Waals surface area contributed by atoms with Crippen molar-refractivity contribution in [1.29, 1.82) is 0 Å². The van der Waals surface area contributed by atoms with Gasteiger partial charge in [-0.05, 0) is 50.4 Å². The lowest BCUT2D eigenvalue weighted by Gasteiger charge is -2.31. The summed E-state index contributed by atoms with van der Waals surface area (Å²) in [5, 5.41) is 3.60. The van der Waals surface area contributed by atoms with Crippen LogP contribution in [-0.4, -0.2) is 30.6 Å². The second kappa shape index (κ2) is 6.35. The van der Waals surface area contributed by atoms with E-state index in [1.54, 1.807) is 0 Å². The summed E-state index contributed by atoms with van der Waals surface area (Å²) >= 11 is 0. The van der Waals surface area contributed by atoms with Gasteiger partial charge in [0, 0.05) is 19.1 Å². The smallest absolute Gasteiger partial charge is 0.0236 e. The molecule has 18 heavy (non-hydrogen) atoms. The van der Waals surface area contributed by atoms with E-state index in [0.717, 1.165) is 19.0 Å². The molecule has 2 atom stereocenters. The van der Waals surface area contributed by atoms with Gasteiger partial charge in [-0.15, -0.1) is 0 Å². The normalized spacial score (nSPS) is 26.6. The number of rotatable bonds is 2. The highest BCUT2D eigenvalue weighted by atomic mass is 15.1. The van der Waals surface area contributed by atoms with Gasteiger partial charge in [0.2, 0.25) is 0 Å². The van der Waals surface area contributed by atoms with E-state index in [1.807, 2.05) is 0 Å². The lowest BCUT2D eigenvalue weighted by Crippen LogP contribution is -2.42. The number of benzene rings is 1. The first-order chi connectivity index (χ1) is 8.65. The Kier molecular flexibility index (Phi) is 4.79. The monoisotopic (exact) mass is 246 g/mol. The Bertz CT molecular complexity index is 375. The van der Waals surface area contributed by atoms with Gasteiger partial charge in [0.15, 0.2) is 0 Å². The molecule has 0 aromatic heterocycles. The van der Waals surface area contributed by atoms with Crippen LogP contribution in [0.25, 0.3) is 0 Å². The molecule has 1 aliphatic rings. The highest BCUT2D eigenvalue weighted by molar-refractivity contribution is 5.25. The van der Waals surface area contributed by atoms with Crippen molar-refractivity contribution < 1.29 is 0 Å². The molecular formula is C16H26N2. The zero-order valence-corrected chi connectivity index (χ0v) is 11.9. The summed E-state index contributed by atoms with van der Waals surface area (Å²) < 4.78 is 0. The first-order valence-electron chi connectivity index (χ1n) is 7.15. The molecule has 1 saturated heterocycles. The third kappa shape index (κ3) is 3.82. The Hall–Kier alpha value is -0.860. The summed E-state index contributed by atoms with van der Waals surface area (Å²) in [5.41, 5.74) is 2.89. The summed E-state index contributed by atoms with van der Waals surface area (Å²) in [6, 6.07) is 9.40. The zero-order chi connectivity index (χ0) is 13.0. The SMILES string of the molecule is Cc1ccccc1CN1CCC(C)NCC(C)C1. The summed E-state index contributed by atoms with van der Waals surface area (Å²) in [6.07, 6.45) is 1.25. The second-order valence-corrected chi connectivity index (χ2v) is 5.86. The van der Waals surface area contributed by atoms with Crippen LogP contribution in [0.5, 0.6) is 0 Å². The molecule has 0 amide bonds. The third-order valence-electron chi connectivity index (χ3n) is 3.92. The predicted molar refractivity (Wildman–Crippen MR) is 77.7 cm³/mol. The molecule has 1 N–H and O–H groups in total. The highest BCUT2D eigenvalue weighted by Crippen LogP contribution is 2.14. The summed E-state index contributed by atoms with van der Waals surface area (Å²) in [5.74, 6) is 0.733. The van der Waals surface area contributed by atoms with Gasteiger partial charge < -0.3 is 5.32 Å². The van der Waals surface area contributed by atoms with Gasteiger partial charge in [-0.25, -0.2) is 0 Å². The van der Waals surface area contributed by atoms with Crippen LogP contribution in [-0.2, 0) is 6.54 Å². The van der Waals surface area contributed by atoms with Crippen molar-refractivity contribution in [2.24, 2.45) is 5.92 Å². The lowest BCUT2D eigenvalue weighted by molar-refractivity contribution is 0.194. The fraction of sp³-hybridized carbons (Fsp3) is 0.625. The number of nitrogens with zero attached hydrogens (tertiary/aromatic N) is 1. The van der Waals surface area contributed by atoms with Crippen LogP contribution in [0.2, 0.25) is 0 Å². The van der Waals surface area contributed by atoms with Crippen LogP contribution in [0, 0.1) is 12.8 Å². The number of hydrogen-bond donors (Lipinski definition) is 1. The van der Waals surface area contributed by atoms with Crippen molar-refractivity contribution in [3.8, 4) is 0 Å². The highest BCUT2D eigenvalue weighted by Gasteiger charge is 2.16. The lowest BCUT2D eigenvalue weighted by atomic mass is 10.0. The maximum atomic E-state index is 3.60. The summed E-state index contributed by atoms with van der Waals surface area (Å²) in [7, 11) is 0. The molecule has 0 spiro atoms. The molecule has 100 valence electrons. The molecule has 1 aliphatic heterocycles. The van der Waals surface area contributed by atoms with Crippen molar-refractivity contribution in [3.63, 3.8) is 0 Å². The number of nitrogens with one attached hydrogen (secondary N) is 1. The average molecular weight is 246 g/mol. The Balaban J connectivity index is 2.00. The van der Waals surface area contributed by atoms with Crippen molar-refractivity contribution in [3.05, 3.63) is 35.4 Å².